The van der Waals surface area contributed by atoms with Gasteiger partial charge in [0.05, 0.1) is 6.61 Å². The van der Waals surface area contributed by atoms with E-state index < -0.39 is 0 Å². The Kier molecular flexibility index (Phi) is 2.64. The Balaban J connectivity index is 2.14. The van der Waals surface area contributed by atoms with Gasteiger partial charge in [0.1, 0.15) is 0 Å². The van der Waals surface area contributed by atoms with Crippen molar-refractivity contribution < 1.29 is 9.53 Å². The van der Waals surface area contributed by atoms with Crippen LogP contribution in [0.4, 0.5) is 0 Å². The van der Waals surface area contributed by atoms with Gasteiger partial charge in [-0.2, -0.15) is 0 Å². The molecule has 0 spiro atoms. The number of Topliss-reactive ketones (excluding diaryl/α,β-unsaturated/α-hetero) is 1. The Morgan fingerprint density at radius 1 is 1.36 bits per heavy atom. The molecule has 0 aromatic heterocycles. The Hall–Kier alpha value is -1.15. The maximum atomic E-state index is 11.9. The summed E-state index contributed by atoms with van der Waals surface area (Å²) in [6, 6.07) is 7.75. The fourth-order valence-electron chi connectivity index (χ4n) is 1.69. The molecule has 1 aliphatic rings. The Morgan fingerprint density at radius 3 is 2.64 bits per heavy atom. The van der Waals surface area contributed by atoms with E-state index in [0.29, 0.717) is 6.61 Å². The second kappa shape index (κ2) is 3.93. The molecule has 1 heterocycles. The van der Waals surface area contributed by atoms with E-state index in [4.69, 9.17) is 4.74 Å². The summed E-state index contributed by atoms with van der Waals surface area (Å²) in [5.74, 6) is 0.306. The van der Waals surface area contributed by atoms with E-state index in [2.05, 4.69) is 0 Å². The number of ether oxygens (including phenoxy) is 1. The minimum absolute atomic E-state index is 0.0812. The van der Waals surface area contributed by atoms with Gasteiger partial charge >= 0.3 is 0 Å². The first-order valence-electron chi connectivity index (χ1n) is 4.96. The third kappa shape index (κ3) is 1.85. The number of carbonyl (C=O) groups is 1. The molecule has 14 heavy (non-hydrogen) atoms. The van der Waals surface area contributed by atoms with Crippen LogP contribution in [0, 0.1) is 12.8 Å². The highest BCUT2D eigenvalue weighted by molar-refractivity contribution is 5.98. The third-order valence-electron chi connectivity index (χ3n) is 2.64. The molecule has 2 nitrogen and oxygen atoms in total. The van der Waals surface area contributed by atoms with Gasteiger partial charge in [-0.1, -0.05) is 29.8 Å². The lowest BCUT2D eigenvalue weighted by molar-refractivity contribution is 0.0900. The highest BCUT2D eigenvalue weighted by Gasteiger charge is 2.24. The standard InChI is InChI=1S/C12H14O2/c1-9-2-4-10(5-3-9)12(13)11-6-7-14-8-11/h2-5,11H,6-8H2,1H3. The van der Waals surface area contributed by atoms with Gasteiger partial charge < -0.3 is 4.74 Å². The normalized spacial score (nSPS) is 21.1. The molecule has 1 atom stereocenters. The van der Waals surface area contributed by atoms with E-state index in [9.17, 15) is 4.79 Å². The first-order chi connectivity index (χ1) is 6.77. The molecular formula is C12H14O2. The molecule has 1 aromatic rings. The van der Waals surface area contributed by atoms with Gasteiger partial charge in [-0.3, -0.25) is 4.79 Å². The van der Waals surface area contributed by atoms with Gasteiger partial charge in [0, 0.05) is 18.1 Å². The maximum absolute atomic E-state index is 11.9. The summed E-state index contributed by atoms with van der Waals surface area (Å²) in [4.78, 5) is 11.9. The van der Waals surface area contributed by atoms with Crippen LogP contribution in [0.5, 0.6) is 0 Å². The molecule has 2 rings (SSSR count). The monoisotopic (exact) mass is 190 g/mol. The van der Waals surface area contributed by atoms with Crippen LogP contribution in [0.3, 0.4) is 0 Å². The number of benzene rings is 1. The summed E-state index contributed by atoms with van der Waals surface area (Å²) in [6.45, 7) is 3.34. The second-order valence-corrected chi connectivity index (χ2v) is 3.79. The molecule has 2 heteroatoms. The van der Waals surface area contributed by atoms with Crippen LogP contribution in [0.2, 0.25) is 0 Å². The van der Waals surface area contributed by atoms with Crippen molar-refractivity contribution in [1.82, 2.24) is 0 Å². The van der Waals surface area contributed by atoms with E-state index in [0.717, 1.165) is 18.6 Å². The zero-order chi connectivity index (χ0) is 9.97. The number of hydrogen-bond donors (Lipinski definition) is 0. The molecule has 1 saturated heterocycles. The molecule has 0 radical (unpaired) electrons. The molecular weight excluding hydrogens is 176 g/mol. The molecule has 1 unspecified atom stereocenters. The van der Waals surface area contributed by atoms with Gasteiger partial charge in [0.2, 0.25) is 0 Å². The van der Waals surface area contributed by atoms with Crippen LogP contribution in [0.15, 0.2) is 24.3 Å². The SMILES string of the molecule is Cc1ccc(C(=O)C2CCOC2)cc1. The van der Waals surface area contributed by atoms with Crippen molar-refractivity contribution in [1.29, 1.82) is 0 Å². The lowest BCUT2D eigenvalue weighted by Crippen LogP contribution is -2.14. The number of hydrogen-bond acceptors (Lipinski definition) is 2. The zero-order valence-corrected chi connectivity index (χ0v) is 8.32. The van der Waals surface area contributed by atoms with Crippen LogP contribution in [0.25, 0.3) is 0 Å². The topological polar surface area (TPSA) is 26.3 Å². The lowest BCUT2D eigenvalue weighted by Gasteiger charge is -2.06. The van der Waals surface area contributed by atoms with Crippen LogP contribution < -0.4 is 0 Å². The van der Waals surface area contributed by atoms with Crippen LogP contribution in [0.1, 0.15) is 22.3 Å². The van der Waals surface area contributed by atoms with Crippen molar-refractivity contribution >= 4 is 5.78 Å². The van der Waals surface area contributed by atoms with Crippen molar-refractivity contribution in [3.63, 3.8) is 0 Å². The Labute approximate surface area is 83.9 Å². The Bertz CT molecular complexity index is 321. The number of carbonyl (C=O) groups excluding carboxylic acids is 1. The lowest BCUT2D eigenvalue weighted by atomic mass is 9.96. The molecule has 0 saturated carbocycles. The van der Waals surface area contributed by atoms with E-state index in [1.165, 1.54) is 5.56 Å². The summed E-state index contributed by atoms with van der Waals surface area (Å²) in [6.07, 6.45) is 0.868. The fraction of sp³-hybridized carbons (Fsp3) is 0.417. The van der Waals surface area contributed by atoms with Gasteiger partial charge in [-0.15, -0.1) is 0 Å². The average molecular weight is 190 g/mol. The smallest absolute Gasteiger partial charge is 0.168 e. The zero-order valence-electron chi connectivity index (χ0n) is 8.32. The van der Waals surface area contributed by atoms with E-state index >= 15 is 0 Å². The van der Waals surface area contributed by atoms with Crippen molar-refractivity contribution in [3.8, 4) is 0 Å². The van der Waals surface area contributed by atoms with Crippen LogP contribution in [-0.4, -0.2) is 19.0 Å². The summed E-state index contributed by atoms with van der Waals surface area (Å²) < 4.78 is 5.20. The molecule has 1 fully saturated rings. The van der Waals surface area contributed by atoms with E-state index in [-0.39, 0.29) is 11.7 Å². The van der Waals surface area contributed by atoms with Gasteiger partial charge in [-0.05, 0) is 13.3 Å². The van der Waals surface area contributed by atoms with Crippen molar-refractivity contribution in [3.05, 3.63) is 35.4 Å². The van der Waals surface area contributed by atoms with Crippen molar-refractivity contribution in [2.24, 2.45) is 5.92 Å². The number of aryl methyl sites for hydroxylation is 1. The molecule has 0 aliphatic carbocycles. The molecule has 1 aliphatic heterocycles. The molecule has 74 valence electrons. The van der Waals surface area contributed by atoms with Gasteiger partial charge in [0.25, 0.3) is 0 Å². The minimum Gasteiger partial charge on any atom is -0.381 e. The maximum Gasteiger partial charge on any atom is 0.168 e. The Morgan fingerprint density at radius 2 is 2.07 bits per heavy atom. The van der Waals surface area contributed by atoms with Crippen LogP contribution in [-0.2, 0) is 4.74 Å². The van der Waals surface area contributed by atoms with Crippen LogP contribution >= 0.6 is 0 Å². The molecule has 1 aromatic carbocycles. The highest BCUT2D eigenvalue weighted by Crippen LogP contribution is 2.18. The largest absolute Gasteiger partial charge is 0.381 e. The first kappa shape index (κ1) is 9.41. The summed E-state index contributed by atoms with van der Waals surface area (Å²) >= 11 is 0. The highest BCUT2D eigenvalue weighted by atomic mass is 16.5. The third-order valence-corrected chi connectivity index (χ3v) is 2.64. The minimum atomic E-state index is 0.0812. The summed E-state index contributed by atoms with van der Waals surface area (Å²) in [5.41, 5.74) is 2.00. The van der Waals surface area contributed by atoms with Crippen molar-refractivity contribution in [2.75, 3.05) is 13.2 Å². The predicted octanol–water partition coefficient (Wildman–Crippen LogP) is 2.21. The first-order valence-corrected chi connectivity index (χ1v) is 4.96. The van der Waals surface area contributed by atoms with Gasteiger partial charge in [-0.25, -0.2) is 0 Å². The summed E-state index contributed by atoms with van der Waals surface area (Å²) in [7, 11) is 0. The number of rotatable bonds is 2. The van der Waals surface area contributed by atoms with Gasteiger partial charge in [0.15, 0.2) is 5.78 Å². The quantitative estimate of drug-likeness (QED) is 0.668. The fourth-order valence-corrected chi connectivity index (χ4v) is 1.69. The number of ketones is 1. The molecule has 0 bridgehead atoms. The molecule has 0 amide bonds. The molecule has 0 N–H and O–H groups in total. The van der Waals surface area contributed by atoms with E-state index in [1.807, 2.05) is 31.2 Å². The average Bonchev–Trinajstić information content (AvgIpc) is 2.71. The second-order valence-electron chi connectivity index (χ2n) is 3.79. The summed E-state index contributed by atoms with van der Waals surface area (Å²) in [5, 5.41) is 0. The predicted molar refractivity (Wildman–Crippen MR) is 54.4 cm³/mol. The van der Waals surface area contributed by atoms with E-state index in [1.54, 1.807) is 0 Å². The van der Waals surface area contributed by atoms with Crippen molar-refractivity contribution in [2.45, 2.75) is 13.3 Å².